The maximum atomic E-state index is 2.55. The molecule has 2 bridgehead atoms. The van der Waals surface area contributed by atoms with Gasteiger partial charge >= 0.3 is 0 Å². The Morgan fingerprint density at radius 1 is 0.889 bits per heavy atom. The maximum Gasteiger partial charge on any atom is -0.0197 e. The molecule has 0 heterocycles. The van der Waals surface area contributed by atoms with Crippen molar-refractivity contribution in [1.82, 2.24) is 0 Å². The predicted octanol–water partition coefficient (Wildman–Crippen LogP) is 5.15. The van der Waals surface area contributed by atoms with Crippen LogP contribution in [0.5, 0.6) is 0 Å². The third kappa shape index (κ3) is 1.28. The van der Waals surface area contributed by atoms with Gasteiger partial charge in [-0.2, -0.15) is 0 Å². The molecule has 0 saturated heterocycles. The third-order valence-corrected chi connectivity index (χ3v) is 7.63. The number of allylic oxidation sites excluding steroid dienone is 2. The van der Waals surface area contributed by atoms with Gasteiger partial charge in [0.25, 0.3) is 0 Å². The first kappa shape index (κ1) is 12.8. The van der Waals surface area contributed by atoms with Crippen molar-refractivity contribution >= 4 is 0 Å². The van der Waals surface area contributed by atoms with E-state index < -0.39 is 0 Å². The number of hydrogen-bond donors (Lipinski definition) is 0. The Morgan fingerprint density at radius 2 is 1.44 bits per heavy atom. The Hall–Kier alpha value is -0.260. The molecule has 0 nitrogen and oxygen atoms in total. The minimum absolute atomic E-state index is 0.530. The molecule has 3 saturated carbocycles. The van der Waals surface area contributed by atoms with Crippen LogP contribution in [0, 0.1) is 46.3 Å². The smallest absolute Gasteiger partial charge is 0.0197 e. The molecule has 0 aromatic heterocycles. The molecule has 6 atom stereocenters. The molecule has 0 spiro atoms. The van der Waals surface area contributed by atoms with Gasteiger partial charge in [0.15, 0.2) is 0 Å². The molecule has 0 radical (unpaired) electrons. The Kier molecular flexibility index (Phi) is 2.58. The topological polar surface area (TPSA) is 0 Å². The number of rotatable bonds is 1. The quantitative estimate of drug-likeness (QED) is 0.561. The van der Waals surface area contributed by atoms with Crippen molar-refractivity contribution in [2.24, 2.45) is 46.3 Å². The van der Waals surface area contributed by atoms with Crippen LogP contribution in [0.2, 0.25) is 0 Å². The van der Waals surface area contributed by atoms with Gasteiger partial charge in [-0.25, -0.2) is 0 Å². The lowest BCUT2D eigenvalue weighted by atomic mass is 9.53. The van der Waals surface area contributed by atoms with E-state index in [0.717, 1.165) is 35.5 Å². The van der Waals surface area contributed by atoms with Crippen LogP contribution >= 0.6 is 0 Å². The Morgan fingerprint density at radius 3 is 2.00 bits per heavy atom. The largest absolute Gasteiger partial charge is 0.0914 e. The summed E-state index contributed by atoms with van der Waals surface area (Å²) in [6.45, 7) is 14.9. The molecule has 0 N–H and O–H groups in total. The Balaban J connectivity index is 2.00. The van der Waals surface area contributed by atoms with Crippen LogP contribution in [-0.4, -0.2) is 0 Å². The van der Waals surface area contributed by atoms with E-state index in [1.807, 2.05) is 0 Å². The van der Waals surface area contributed by atoms with Crippen molar-refractivity contribution in [3.8, 4) is 0 Å². The van der Waals surface area contributed by atoms with Crippen molar-refractivity contribution < 1.29 is 0 Å². The van der Waals surface area contributed by atoms with Gasteiger partial charge in [0.1, 0.15) is 0 Å². The van der Waals surface area contributed by atoms with Gasteiger partial charge in [0.2, 0.25) is 0 Å². The van der Waals surface area contributed by atoms with Gasteiger partial charge in [-0.3, -0.25) is 0 Å². The number of fused-ring (bicyclic) bond motifs is 5. The lowest BCUT2D eigenvalue weighted by Gasteiger charge is -2.51. The zero-order chi connectivity index (χ0) is 13.3. The van der Waals surface area contributed by atoms with Crippen molar-refractivity contribution in [1.29, 1.82) is 0 Å². The molecule has 6 unspecified atom stereocenters. The van der Waals surface area contributed by atoms with E-state index in [1.165, 1.54) is 12.8 Å². The van der Waals surface area contributed by atoms with Crippen LogP contribution in [0.25, 0.3) is 0 Å². The summed E-state index contributed by atoms with van der Waals surface area (Å²) in [6.07, 6.45) is 7.77. The van der Waals surface area contributed by atoms with E-state index in [2.05, 4.69) is 53.7 Å². The Bertz CT molecular complexity index is 373. The first-order chi connectivity index (χ1) is 8.32. The van der Waals surface area contributed by atoms with Crippen LogP contribution in [0.1, 0.15) is 54.4 Å². The standard InChI is InChI=1S/C18H30/c1-7-8-12-9-11(2)15-13-10-14(16(12)15)18(5,6)17(13,3)4/h7-8,11-16H,9-10H2,1-6H3/b8-7+. The molecule has 0 amide bonds. The van der Waals surface area contributed by atoms with Crippen LogP contribution in [0.4, 0.5) is 0 Å². The monoisotopic (exact) mass is 246 g/mol. The average molecular weight is 246 g/mol. The fourth-order valence-corrected chi connectivity index (χ4v) is 6.19. The van der Waals surface area contributed by atoms with E-state index in [-0.39, 0.29) is 0 Å². The van der Waals surface area contributed by atoms with Gasteiger partial charge in [0.05, 0.1) is 0 Å². The molecule has 0 aliphatic heterocycles. The average Bonchev–Trinajstić information content (AvgIpc) is 2.83. The second-order valence-electron chi connectivity index (χ2n) is 8.45. The maximum absolute atomic E-state index is 2.55. The highest BCUT2D eigenvalue weighted by Crippen LogP contribution is 2.74. The Labute approximate surface area is 113 Å². The molecule has 18 heavy (non-hydrogen) atoms. The molecular formula is C18H30. The lowest BCUT2D eigenvalue weighted by Crippen LogP contribution is -2.46. The zero-order valence-electron chi connectivity index (χ0n) is 13.0. The van der Waals surface area contributed by atoms with Crippen LogP contribution < -0.4 is 0 Å². The SMILES string of the molecule is C/C=C/C1CC(C)C2C1C1CC2C(C)(C)C1(C)C. The fraction of sp³-hybridized carbons (Fsp3) is 0.889. The van der Waals surface area contributed by atoms with E-state index in [4.69, 9.17) is 0 Å². The van der Waals surface area contributed by atoms with Crippen LogP contribution in [-0.2, 0) is 0 Å². The lowest BCUT2D eigenvalue weighted by molar-refractivity contribution is -0.0347. The summed E-state index contributed by atoms with van der Waals surface area (Å²) in [5, 5.41) is 0. The van der Waals surface area contributed by atoms with Gasteiger partial charge in [-0.15, -0.1) is 0 Å². The second kappa shape index (κ2) is 3.64. The summed E-state index contributed by atoms with van der Waals surface area (Å²) in [4.78, 5) is 0. The normalized spacial score (nSPS) is 52.1. The van der Waals surface area contributed by atoms with Gasteiger partial charge in [0, 0.05) is 0 Å². The van der Waals surface area contributed by atoms with Crippen molar-refractivity contribution in [2.45, 2.75) is 54.4 Å². The van der Waals surface area contributed by atoms with Crippen molar-refractivity contribution in [3.05, 3.63) is 12.2 Å². The minimum atomic E-state index is 0.530. The summed E-state index contributed by atoms with van der Waals surface area (Å²) in [7, 11) is 0. The highest BCUT2D eigenvalue weighted by Gasteiger charge is 2.68. The predicted molar refractivity (Wildman–Crippen MR) is 78.2 cm³/mol. The molecule has 3 aliphatic rings. The first-order valence-corrected chi connectivity index (χ1v) is 7.95. The minimum Gasteiger partial charge on any atom is -0.0914 e. The highest BCUT2D eigenvalue weighted by atomic mass is 14.7. The summed E-state index contributed by atoms with van der Waals surface area (Å²) in [5.41, 5.74) is 1.07. The number of hydrogen-bond acceptors (Lipinski definition) is 0. The van der Waals surface area contributed by atoms with E-state index in [1.54, 1.807) is 0 Å². The van der Waals surface area contributed by atoms with Crippen molar-refractivity contribution in [2.75, 3.05) is 0 Å². The summed E-state index contributed by atoms with van der Waals surface area (Å²) < 4.78 is 0. The second-order valence-corrected chi connectivity index (χ2v) is 8.45. The van der Waals surface area contributed by atoms with Crippen molar-refractivity contribution in [3.63, 3.8) is 0 Å². The van der Waals surface area contributed by atoms with Gasteiger partial charge in [-0.1, -0.05) is 46.8 Å². The van der Waals surface area contributed by atoms with Crippen LogP contribution in [0.3, 0.4) is 0 Å². The molecule has 3 rings (SSSR count). The fourth-order valence-electron chi connectivity index (χ4n) is 6.19. The van der Waals surface area contributed by atoms with E-state index in [9.17, 15) is 0 Å². The van der Waals surface area contributed by atoms with E-state index >= 15 is 0 Å². The molecule has 3 fully saturated rings. The molecule has 102 valence electrons. The summed E-state index contributed by atoms with van der Waals surface area (Å²) in [6, 6.07) is 0. The van der Waals surface area contributed by atoms with Crippen LogP contribution in [0.15, 0.2) is 12.2 Å². The molecular weight excluding hydrogens is 216 g/mol. The molecule has 3 aliphatic carbocycles. The summed E-state index contributed by atoms with van der Waals surface area (Å²) >= 11 is 0. The van der Waals surface area contributed by atoms with Gasteiger partial charge < -0.3 is 0 Å². The summed E-state index contributed by atoms with van der Waals surface area (Å²) in [5.74, 6) is 5.77. The van der Waals surface area contributed by atoms with Gasteiger partial charge in [-0.05, 0) is 66.1 Å². The first-order valence-electron chi connectivity index (χ1n) is 7.95. The highest BCUT2D eigenvalue weighted by molar-refractivity contribution is 5.18. The molecule has 0 aromatic rings. The molecule has 0 aromatic carbocycles. The van der Waals surface area contributed by atoms with E-state index in [0.29, 0.717) is 10.8 Å². The molecule has 0 heteroatoms. The third-order valence-electron chi connectivity index (χ3n) is 7.63. The zero-order valence-corrected chi connectivity index (χ0v) is 13.0.